The van der Waals surface area contributed by atoms with Crippen LogP contribution in [0.25, 0.3) is 0 Å². The van der Waals surface area contributed by atoms with E-state index < -0.39 is 0 Å². The summed E-state index contributed by atoms with van der Waals surface area (Å²) >= 11 is 1.39. The maximum absolute atomic E-state index is 12.7. The highest BCUT2D eigenvalue weighted by molar-refractivity contribution is 7.99. The van der Waals surface area contributed by atoms with E-state index in [4.69, 9.17) is 9.47 Å². The van der Waals surface area contributed by atoms with Crippen molar-refractivity contribution in [2.24, 2.45) is 7.05 Å². The first-order valence-corrected chi connectivity index (χ1v) is 10.1. The van der Waals surface area contributed by atoms with E-state index in [0.717, 1.165) is 33.6 Å². The molecule has 8 heteroatoms. The van der Waals surface area contributed by atoms with Gasteiger partial charge in [0.2, 0.25) is 0 Å². The van der Waals surface area contributed by atoms with Gasteiger partial charge < -0.3 is 18.6 Å². The predicted octanol–water partition coefficient (Wildman–Crippen LogP) is 3.05. The molecular formula is C20H22N4O3S. The second kappa shape index (κ2) is 7.71. The average Bonchev–Trinajstić information content (AvgIpc) is 3.23. The van der Waals surface area contributed by atoms with Gasteiger partial charge in [-0.15, -0.1) is 10.2 Å². The van der Waals surface area contributed by atoms with Crippen molar-refractivity contribution in [3.8, 4) is 11.5 Å². The van der Waals surface area contributed by atoms with Crippen LogP contribution in [-0.2, 0) is 13.6 Å². The Morgan fingerprint density at radius 3 is 2.82 bits per heavy atom. The topological polar surface area (TPSA) is 71.2 Å². The van der Waals surface area contributed by atoms with Crippen LogP contribution in [-0.4, -0.2) is 43.6 Å². The Balaban J connectivity index is 1.45. The molecule has 0 unspecified atom stereocenters. The third kappa shape index (κ3) is 3.64. The minimum atomic E-state index is -0.101. The lowest BCUT2D eigenvalue weighted by Gasteiger charge is -2.27. The molecule has 2 aromatic heterocycles. The number of aryl methyl sites for hydroxylation is 2. The molecular weight excluding hydrogens is 376 g/mol. The normalized spacial score (nSPS) is 15.6. The number of benzene rings is 1. The van der Waals surface area contributed by atoms with Gasteiger partial charge in [-0.2, -0.15) is 0 Å². The van der Waals surface area contributed by atoms with Crippen molar-refractivity contribution < 1.29 is 14.3 Å². The fourth-order valence-electron chi connectivity index (χ4n) is 3.33. The molecule has 0 radical (unpaired) electrons. The van der Waals surface area contributed by atoms with Crippen molar-refractivity contribution in [2.45, 2.75) is 31.7 Å². The van der Waals surface area contributed by atoms with Gasteiger partial charge in [-0.25, -0.2) is 0 Å². The first-order chi connectivity index (χ1) is 13.5. The molecule has 0 fully saturated rings. The van der Waals surface area contributed by atoms with Gasteiger partial charge in [0.25, 0.3) is 0 Å². The molecule has 1 aromatic carbocycles. The molecule has 0 spiro atoms. The Morgan fingerprint density at radius 1 is 1.29 bits per heavy atom. The van der Waals surface area contributed by atoms with Crippen LogP contribution >= 0.6 is 11.8 Å². The summed E-state index contributed by atoms with van der Waals surface area (Å²) in [6.45, 7) is 5.11. The van der Waals surface area contributed by atoms with E-state index in [9.17, 15) is 4.79 Å². The summed E-state index contributed by atoms with van der Waals surface area (Å²) in [7, 11) is 1.86. The van der Waals surface area contributed by atoms with Crippen molar-refractivity contribution in [1.82, 2.24) is 19.3 Å². The standard InChI is InChI=1S/C20H22N4O3S/c1-13-8-16(17(25)11-28-20-22-21-12-23(20)3)14(2)24(13)9-15-10-26-18-6-4-5-7-19(18)27-15/h4-8,12,15H,9-11H2,1-3H3/t15-/m0/s1. The molecule has 0 bridgehead atoms. The highest BCUT2D eigenvalue weighted by Gasteiger charge is 2.24. The Kier molecular flexibility index (Phi) is 5.13. The second-order valence-electron chi connectivity index (χ2n) is 6.83. The molecule has 3 heterocycles. The smallest absolute Gasteiger partial charge is 0.191 e. The van der Waals surface area contributed by atoms with E-state index >= 15 is 0 Å². The average molecular weight is 398 g/mol. The summed E-state index contributed by atoms with van der Waals surface area (Å²) < 4.78 is 15.8. The number of rotatable bonds is 6. The summed E-state index contributed by atoms with van der Waals surface area (Å²) in [6.07, 6.45) is 1.53. The van der Waals surface area contributed by atoms with Gasteiger partial charge in [-0.05, 0) is 32.0 Å². The number of Topliss-reactive ketones (excluding diaryl/α,β-unsaturated/α-hetero) is 1. The number of nitrogens with zero attached hydrogens (tertiary/aromatic N) is 4. The van der Waals surface area contributed by atoms with E-state index in [2.05, 4.69) is 14.8 Å². The summed E-state index contributed by atoms with van der Waals surface area (Å²) in [5, 5.41) is 8.58. The molecule has 1 aliphatic heterocycles. The lowest BCUT2D eigenvalue weighted by Crippen LogP contribution is -2.33. The van der Waals surface area contributed by atoms with Crippen LogP contribution in [0.2, 0.25) is 0 Å². The molecule has 0 aliphatic carbocycles. The predicted molar refractivity (Wildman–Crippen MR) is 106 cm³/mol. The monoisotopic (exact) mass is 398 g/mol. The number of para-hydroxylation sites is 2. The third-order valence-electron chi connectivity index (χ3n) is 4.83. The van der Waals surface area contributed by atoms with Gasteiger partial charge in [0.05, 0.1) is 12.3 Å². The Morgan fingerprint density at radius 2 is 2.07 bits per heavy atom. The molecule has 0 saturated heterocycles. The molecule has 4 rings (SSSR count). The quantitative estimate of drug-likeness (QED) is 0.469. The van der Waals surface area contributed by atoms with E-state index in [0.29, 0.717) is 18.9 Å². The Bertz CT molecular complexity index is 1010. The zero-order valence-corrected chi connectivity index (χ0v) is 16.9. The highest BCUT2D eigenvalue weighted by atomic mass is 32.2. The van der Waals surface area contributed by atoms with Gasteiger partial charge in [-0.3, -0.25) is 4.79 Å². The lowest BCUT2D eigenvalue weighted by molar-refractivity contribution is 0.0777. The van der Waals surface area contributed by atoms with Crippen molar-refractivity contribution in [3.05, 3.63) is 53.6 Å². The fourth-order valence-corrected chi connectivity index (χ4v) is 4.10. The molecule has 0 saturated carbocycles. The van der Waals surface area contributed by atoms with Gasteiger partial charge in [0.1, 0.15) is 12.9 Å². The molecule has 3 aromatic rings. The largest absolute Gasteiger partial charge is 0.486 e. The number of hydrogen-bond acceptors (Lipinski definition) is 6. The summed E-state index contributed by atoms with van der Waals surface area (Å²) in [6, 6.07) is 9.63. The Labute approximate surface area is 167 Å². The van der Waals surface area contributed by atoms with Crippen LogP contribution in [0.4, 0.5) is 0 Å². The van der Waals surface area contributed by atoms with Gasteiger partial charge in [0.15, 0.2) is 28.5 Å². The number of hydrogen-bond donors (Lipinski definition) is 0. The number of thioether (sulfide) groups is 1. The lowest BCUT2D eigenvalue weighted by atomic mass is 10.2. The van der Waals surface area contributed by atoms with Crippen molar-refractivity contribution in [3.63, 3.8) is 0 Å². The number of carbonyl (C=O) groups excluding carboxylic acids is 1. The van der Waals surface area contributed by atoms with E-state index in [1.807, 2.05) is 51.2 Å². The third-order valence-corrected chi connectivity index (χ3v) is 5.86. The number of ketones is 1. The van der Waals surface area contributed by atoms with Gasteiger partial charge >= 0.3 is 0 Å². The first-order valence-electron chi connectivity index (χ1n) is 9.08. The van der Waals surface area contributed by atoms with Gasteiger partial charge in [0, 0.05) is 24.0 Å². The van der Waals surface area contributed by atoms with Crippen LogP contribution in [0.1, 0.15) is 21.7 Å². The summed E-state index contributed by atoms with van der Waals surface area (Å²) in [4.78, 5) is 12.7. The fraction of sp³-hybridized carbons (Fsp3) is 0.350. The maximum atomic E-state index is 12.7. The zero-order valence-electron chi connectivity index (χ0n) is 16.1. The molecule has 146 valence electrons. The summed E-state index contributed by atoms with van der Waals surface area (Å²) in [5.74, 6) is 1.94. The van der Waals surface area contributed by atoms with E-state index in [1.54, 1.807) is 10.9 Å². The highest BCUT2D eigenvalue weighted by Crippen LogP contribution is 2.31. The van der Waals surface area contributed by atoms with Crippen LogP contribution in [0, 0.1) is 13.8 Å². The molecule has 28 heavy (non-hydrogen) atoms. The second-order valence-corrected chi connectivity index (χ2v) is 7.77. The van der Waals surface area contributed by atoms with Crippen LogP contribution < -0.4 is 9.47 Å². The first kappa shape index (κ1) is 18.6. The van der Waals surface area contributed by atoms with Gasteiger partial charge in [-0.1, -0.05) is 23.9 Å². The zero-order chi connectivity index (χ0) is 19.7. The van der Waals surface area contributed by atoms with Crippen LogP contribution in [0.5, 0.6) is 11.5 Å². The van der Waals surface area contributed by atoms with Crippen LogP contribution in [0.15, 0.2) is 41.8 Å². The minimum absolute atomic E-state index is 0.0820. The van der Waals surface area contributed by atoms with E-state index in [1.165, 1.54) is 11.8 Å². The Hall–Kier alpha value is -2.74. The van der Waals surface area contributed by atoms with Crippen molar-refractivity contribution in [2.75, 3.05) is 12.4 Å². The maximum Gasteiger partial charge on any atom is 0.191 e. The summed E-state index contributed by atoms with van der Waals surface area (Å²) in [5.41, 5.74) is 2.72. The SMILES string of the molecule is Cc1cc(C(=O)CSc2nncn2C)c(C)n1C[C@H]1COc2ccccc2O1. The van der Waals surface area contributed by atoms with Crippen molar-refractivity contribution >= 4 is 17.5 Å². The van der Waals surface area contributed by atoms with Crippen molar-refractivity contribution in [1.29, 1.82) is 0 Å². The molecule has 1 atom stereocenters. The molecule has 0 N–H and O–H groups in total. The van der Waals surface area contributed by atoms with Crippen LogP contribution in [0.3, 0.4) is 0 Å². The number of fused-ring (bicyclic) bond motifs is 1. The minimum Gasteiger partial charge on any atom is -0.486 e. The number of ether oxygens (including phenoxy) is 2. The number of carbonyl (C=O) groups is 1. The molecule has 0 amide bonds. The number of aromatic nitrogens is 4. The molecule has 1 aliphatic rings. The van der Waals surface area contributed by atoms with E-state index in [-0.39, 0.29) is 11.9 Å². The molecule has 7 nitrogen and oxygen atoms in total.